The molecule has 8 rings (SSSR count). The molecule has 52 heavy (non-hydrogen) atoms. The van der Waals surface area contributed by atoms with Gasteiger partial charge in [0.05, 0.1) is 11.8 Å². The van der Waals surface area contributed by atoms with Gasteiger partial charge in [-0.1, -0.05) is 36.4 Å². The molecule has 10 nitrogen and oxygen atoms in total. The summed E-state index contributed by atoms with van der Waals surface area (Å²) in [6.07, 6.45) is 2.00. The van der Waals surface area contributed by atoms with Gasteiger partial charge in [0.2, 0.25) is 0 Å². The van der Waals surface area contributed by atoms with E-state index >= 15 is 0 Å². The lowest BCUT2D eigenvalue weighted by molar-refractivity contribution is 0.215. The average molecular weight is 697 g/mol. The Morgan fingerprint density at radius 1 is 0.385 bits per heavy atom. The smallest absolute Gasteiger partial charge is 0.138 e. The molecule has 0 aliphatic carbocycles. The molecule has 6 aromatic rings. The molecule has 4 atom stereocenters. The molecular weight excluding hydrogens is 664 g/mol. The molecule has 10 heteroatoms. The zero-order valence-electron chi connectivity index (χ0n) is 27.3. The van der Waals surface area contributed by atoms with Gasteiger partial charge in [0.1, 0.15) is 69.7 Å². The van der Waals surface area contributed by atoms with E-state index in [1.165, 1.54) is 48.5 Å². The first-order valence-corrected chi connectivity index (χ1v) is 16.4. The monoisotopic (exact) mass is 696 g/mol. The summed E-state index contributed by atoms with van der Waals surface area (Å²) in [5.74, 6) is -1.65. The fourth-order valence-electron chi connectivity index (χ4n) is 7.27. The quantitative estimate of drug-likeness (QED) is 0.0795. The summed E-state index contributed by atoms with van der Waals surface area (Å²) < 4.78 is 13.0. The molecule has 0 amide bonds. The maximum Gasteiger partial charge on any atom is 0.138 e. The molecule has 6 aromatic carbocycles. The van der Waals surface area contributed by atoms with E-state index in [1.807, 2.05) is 12.2 Å². The summed E-state index contributed by atoms with van der Waals surface area (Å²) in [6.45, 7) is 0. The van der Waals surface area contributed by atoms with Crippen LogP contribution in [0.2, 0.25) is 0 Å². The van der Waals surface area contributed by atoms with Crippen LogP contribution >= 0.6 is 0 Å². The predicted molar refractivity (Wildman–Crippen MR) is 191 cm³/mol. The van der Waals surface area contributed by atoms with Crippen LogP contribution in [0.4, 0.5) is 0 Å². The van der Waals surface area contributed by atoms with Gasteiger partial charge in [-0.05, 0) is 101 Å². The number of ether oxygens (including phenoxy) is 2. The largest absolute Gasteiger partial charge is 0.508 e. The van der Waals surface area contributed by atoms with Crippen LogP contribution in [0.5, 0.6) is 57.5 Å². The zero-order chi connectivity index (χ0) is 36.3. The van der Waals surface area contributed by atoms with E-state index in [0.29, 0.717) is 44.7 Å². The van der Waals surface area contributed by atoms with E-state index in [9.17, 15) is 40.9 Å². The number of fused-ring (bicyclic) bond motifs is 2. The topological polar surface area (TPSA) is 180 Å². The Hall–Kier alpha value is -6.94. The average Bonchev–Trinajstić information content (AvgIpc) is 3.68. The van der Waals surface area contributed by atoms with Crippen LogP contribution in [-0.2, 0) is 0 Å². The fraction of sp³-hybridized carbons (Fsp3) is 0.0952. The standard InChI is InChI=1S/C42H32O10/c43-26-7-3-21(4-8-26)1-2-22-13-33(49)39-35(14-22)51-41(23-5-9-27(44)10-6-23)37(39)25-17-34(50)40-36(18-25)52-42(31-12-11-28(45)20-32(31)48)38(40)24-15-29(46)19-30(47)16-24/h1-20,37-38,41-50H/b2-1-/t37-,38-,41+,42+/m0/s1. The van der Waals surface area contributed by atoms with Gasteiger partial charge >= 0.3 is 0 Å². The molecule has 0 aromatic heterocycles. The minimum Gasteiger partial charge on any atom is -0.508 e. The van der Waals surface area contributed by atoms with Crippen LogP contribution in [-0.4, -0.2) is 40.9 Å². The first-order valence-electron chi connectivity index (χ1n) is 16.4. The predicted octanol–water partition coefficient (Wildman–Crippen LogP) is 8.03. The lowest BCUT2D eigenvalue weighted by Crippen LogP contribution is -2.12. The van der Waals surface area contributed by atoms with E-state index in [0.717, 1.165) is 5.56 Å². The van der Waals surface area contributed by atoms with Crippen LogP contribution < -0.4 is 9.47 Å². The van der Waals surface area contributed by atoms with Gasteiger partial charge in [0.15, 0.2) is 0 Å². The second-order valence-corrected chi connectivity index (χ2v) is 13.0. The summed E-state index contributed by atoms with van der Waals surface area (Å²) in [6, 6.07) is 28.0. The van der Waals surface area contributed by atoms with E-state index in [2.05, 4.69) is 0 Å². The summed E-state index contributed by atoms with van der Waals surface area (Å²) in [5.41, 5.74) is 4.23. The highest BCUT2D eigenvalue weighted by Gasteiger charge is 2.44. The van der Waals surface area contributed by atoms with Gasteiger partial charge in [0.25, 0.3) is 0 Å². The summed E-state index contributed by atoms with van der Waals surface area (Å²) in [4.78, 5) is 0. The van der Waals surface area contributed by atoms with Crippen molar-refractivity contribution in [2.24, 2.45) is 0 Å². The Balaban J connectivity index is 1.25. The molecule has 0 spiro atoms. The fourth-order valence-corrected chi connectivity index (χ4v) is 7.27. The highest BCUT2D eigenvalue weighted by atomic mass is 16.5. The third kappa shape index (κ3) is 5.75. The van der Waals surface area contributed by atoms with Crippen molar-refractivity contribution in [2.45, 2.75) is 24.0 Å². The Kier molecular flexibility index (Phi) is 7.72. The maximum atomic E-state index is 11.8. The van der Waals surface area contributed by atoms with Crippen molar-refractivity contribution in [3.63, 3.8) is 0 Å². The molecule has 0 radical (unpaired) electrons. The lowest BCUT2D eigenvalue weighted by atomic mass is 9.81. The maximum absolute atomic E-state index is 11.8. The SMILES string of the molecule is Oc1ccc(/C=C\c2cc(O)c3c(c2)O[C@H](c2ccc(O)cc2)[C@H]3c2cc(O)c3c(c2)O[C@H](c2ccc(O)cc2O)[C@H]3c2cc(O)cc(O)c2)cc1. The Bertz CT molecular complexity index is 2350. The second kappa shape index (κ2) is 12.4. The molecule has 0 saturated carbocycles. The van der Waals surface area contributed by atoms with Crippen molar-refractivity contribution in [3.05, 3.63) is 154 Å². The van der Waals surface area contributed by atoms with Crippen molar-refractivity contribution in [1.29, 1.82) is 0 Å². The molecule has 2 heterocycles. The molecule has 260 valence electrons. The molecule has 0 unspecified atom stereocenters. The number of benzene rings is 6. The van der Waals surface area contributed by atoms with Gasteiger partial charge in [-0.3, -0.25) is 0 Å². The zero-order valence-corrected chi connectivity index (χ0v) is 27.3. The van der Waals surface area contributed by atoms with Crippen molar-refractivity contribution in [1.82, 2.24) is 0 Å². The van der Waals surface area contributed by atoms with Crippen molar-refractivity contribution in [3.8, 4) is 57.5 Å². The number of phenols is 8. The summed E-state index contributed by atoms with van der Waals surface area (Å²) in [7, 11) is 0. The van der Waals surface area contributed by atoms with E-state index < -0.39 is 24.0 Å². The van der Waals surface area contributed by atoms with E-state index in [-0.39, 0.29) is 51.7 Å². The highest BCUT2D eigenvalue weighted by Crippen LogP contribution is 2.59. The van der Waals surface area contributed by atoms with Crippen LogP contribution in [0.1, 0.15) is 68.6 Å². The molecule has 0 bridgehead atoms. The van der Waals surface area contributed by atoms with Crippen LogP contribution in [0, 0.1) is 0 Å². The number of aromatic hydroxyl groups is 8. The van der Waals surface area contributed by atoms with Gasteiger partial charge in [-0.2, -0.15) is 0 Å². The summed E-state index contributed by atoms with van der Waals surface area (Å²) in [5, 5.41) is 84.7. The third-order valence-electron chi connectivity index (χ3n) is 9.57. The first kappa shape index (κ1) is 32.3. The third-order valence-corrected chi connectivity index (χ3v) is 9.57. The van der Waals surface area contributed by atoms with E-state index in [1.54, 1.807) is 60.7 Å². The van der Waals surface area contributed by atoms with Crippen molar-refractivity contribution >= 4 is 12.2 Å². The van der Waals surface area contributed by atoms with Gasteiger partial charge in [-0.15, -0.1) is 0 Å². The van der Waals surface area contributed by atoms with Crippen LogP contribution in [0.3, 0.4) is 0 Å². The first-order chi connectivity index (χ1) is 25.0. The lowest BCUT2D eigenvalue weighted by Gasteiger charge is -2.22. The highest BCUT2D eigenvalue weighted by molar-refractivity contribution is 5.73. The number of hydrogen-bond acceptors (Lipinski definition) is 10. The molecule has 8 N–H and O–H groups in total. The number of phenolic OH excluding ortho intramolecular Hbond substituents is 8. The molecular formula is C42H32O10. The minimum atomic E-state index is -0.950. The van der Waals surface area contributed by atoms with E-state index in [4.69, 9.17) is 9.47 Å². The van der Waals surface area contributed by atoms with Gasteiger partial charge in [-0.25, -0.2) is 0 Å². The van der Waals surface area contributed by atoms with Crippen LogP contribution in [0.15, 0.2) is 109 Å². The molecule has 0 saturated heterocycles. The van der Waals surface area contributed by atoms with Gasteiger partial charge < -0.3 is 50.3 Å². The van der Waals surface area contributed by atoms with Gasteiger partial charge in [0, 0.05) is 28.8 Å². The Morgan fingerprint density at radius 2 is 0.923 bits per heavy atom. The summed E-state index contributed by atoms with van der Waals surface area (Å²) >= 11 is 0. The van der Waals surface area contributed by atoms with Crippen molar-refractivity contribution in [2.75, 3.05) is 0 Å². The Morgan fingerprint density at radius 3 is 1.60 bits per heavy atom. The molecule has 2 aliphatic heterocycles. The Labute approximate surface area is 297 Å². The van der Waals surface area contributed by atoms with Crippen molar-refractivity contribution < 1.29 is 50.3 Å². The minimum absolute atomic E-state index is 0.0463. The number of rotatable bonds is 6. The molecule has 0 fully saturated rings. The normalized spacial score (nSPS) is 18.8. The van der Waals surface area contributed by atoms with Crippen LogP contribution in [0.25, 0.3) is 12.2 Å². The molecule has 2 aliphatic rings. The second-order valence-electron chi connectivity index (χ2n) is 13.0. The number of hydrogen-bond donors (Lipinski definition) is 8.